The van der Waals surface area contributed by atoms with Crippen molar-refractivity contribution in [3.8, 4) is 0 Å². The molecule has 2 heterocycles. The quantitative estimate of drug-likeness (QED) is 0.938. The van der Waals surface area contributed by atoms with Gasteiger partial charge in [-0.05, 0) is 31.2 Å². The Labute approximate surface area is 123 Å². The minimum absolute atomic E-state index is 0.123. The van der Waals surface area contributed by atoms with Crippen LogP contribution < -0.4 is 10.2 Å². The highest BCUT2D eigenvalue weighted by Crippen LogP contribution is 2.25. The monoisotopic (exact) mass is 286 g/mol. The lowest BCUT2D eigenvalue weighted by molar-refractivity contribution is 0.181. The van der Waals surface area contributed by atoms with E-state index in [0.717, 1.165) is 17.1 Å². The summed E-state index contributed by atoms with van der Waals surface area (Å²) in [6.07, 6.45) is 1.50. The van der Waals surface area contributed by atoms with Gasteiger partial charge in [-0.3, -0.25) is 9.58 Å². The van der Waals surface area contributed by atoms with Gasteiger partial charge in [0.2, 0.25) is 0 Å². The largest absolute Gasteiger partial charge is 0.447 e. The Bertz CT molecular complexity index is 653. The highest BCUT2D eigenvalue weighted by molar-refractivity contribution is 5.89. The van der Waals surface area contributed by atoms with Crippen LogP contribution in [0.3, 0.4) is 0 Å². The number of carbonyl (C=O) groups is 1. The number of anilines is 2. The van der Waals surface area contributed by atoms with Gasteiger partial charge in [-0.2, -0.15) is 5.10 Å². The van der Waals surface area contributed by atoms with Crippen molar-refractivity contribution in [2.75, 3.05) is 23.4 Å². The van der Waals surface area contributed by atoms with Crippen LogP contribution in [0.4, 0.5) is 16.2 Å². The Hall–Kier alpha value is -2.50. The molecule has 1 atom stereocenters. The smallest absolute Gasteiger partial charge is 0.414 e. The van der Waals surface area contributed by atoms with Crippen molar-refractivity contribution < 1.29 is 9.53 Å². The van der Waals surface area contributed by atoms with Crippen molar-refractivity contribution in [1.82, 2.24) is 9.78 Å². The van der Waals surface area contributed by atoms with Crippen LogP contribution in [0, 0.1) is 0 Å². The molecule has 0 bridgehead atoms. The molecule has 1 unspecified atom stereocenters. The number of hydrogen-bond acceptors (Lipinski definition) is 4. The SMILES string of the molecule is CC(Nc1cccc(N2CCOC2=O)c1)c1ccnn1C. The molecule has 1 aromatic heterocycles. The van der Waals surface area contributed by atoms with Gasteiger partial charge in [0.05, 0.1) is 18.3 Å². The summed E-state index contributed by atoms with van der Waals surface area (Å²) < 4.78 is 6.82. The Morgan fingerprint density at radius 1 is 1.38 bits per heavy atom. The third-order valence-electron chi connectivity index (χ3n) is 3.60. The number of aryl methyl sites for hydroxylation is 1. The zero-order valence-electron chi connectivity index (χ0n) is 12.1. The van der Waals surface area contributed by atoms with Crippen LogP contribution in [0.15, 0.2) is 36.5 Å². The van der Waals surface area contributed by atoms with Gasteiger partial charge in [0.25, 0.3) is 0 Å². The van der Waals surface area contributed by atoms with Crippen LogP contribution in [0.2, 0.25) is 0 Å². The van der Waals surface area contributed by atoms with E-state index in [0.29, 0.717) is 13.2 Å². The summed E-state index contributed by atoms with van der Waals surface area (Å²) >= 11 is 0. The molecule has 110 valence electrons. The number of aromatic nitrogens is 2. The third kappa shape index (κ3) is 2.69. The number of rotatable bonds is 4. The van der Waals surface area contributed by atoms with Crippen LogP contribution in [0.1, 0.15) is 18.7 Å². The third-order valence-corrected chi connectivity index (χ3v) is 3.60. The number of carbonyl (C=O) groups excluding carboxylic acids is 1. The number of hydrogen-bond donors (Lipinski definition) is 1. The summed E-state index contributed by atoms with van der Waals surface area (Å²) in [5.74, 6) is 0. The van der Waals surface area contributed by atoms with Crippen LogP contribution in [-0.2, 0) is 11.8 Å². The summed E-state index contributed by atoms with van der Waals surface area (Å²) in [6.45, 7) is 3.12. The summed E-state index contributed by atoms with van der Waals surface area (Å²) in [5, 5.41) is 7.60. The normalized spacial score (nSPS) is 15.9. The number of cyclic esters (lactones) is 1. The van der Waals surface area contributed by atoms with Gasteiger partial charge in [-0.1, -0.05) is 6.07 Å². The van der Waals surface area contributed by atoms with Gasteiger partial charge in [0.1, 0.15) is 6.61 Å². The fraction of sp³-hybridized carbons (Fsp3) is 0.333. The number of benzene rings is 1. The van der Waals surface area contributed by atoms with E-state index in [1.165, 1.54) is 0 Å². The molecule has 1 N–H and O–H groups in total. The molecule has 1 aliphatic rings. The number of nitrogens with zero attached hydrogens (tertiary/aromatic N) is 3. The highest BCUT2D eigenvalue weighted by atomic mass is 16.6. The molecule has 1 fully saturated rings. The molecule has 1 saturated heterocycles. The Morgan fingerprint density at radius 3 is 2.90 bits per heavy atom. The molecule has 6 nitrogen and oxygen atoms in total. The van der Waals surface area contributed by atoms with E-state index >= 15 is 0 Å². The minimum Gasteiger partial charge on any atom is -0.447 e. The lowest BCUT2D eigenvalue weighted by Gasteiger charge is -2.18. The predicted molar refractivity (Wildman–Crippen MR) is 80.4 cm³/mol. The standard InChI is InChI=1S/C15H18N4O2/c1-11(14-6-7-16-18(14)2)17-12-4-3-5-13(10-12)19-8-9-21-15(19)20/h3-7,10-11,17H,8-9H2,1-2H3. The zero-order chi connectivity index (χ0) is 14.8. The first kappa shape index (κ1) is 13.5. The lowest BCUT2D eigenvalue weighted by Crippen LogP contribution is -2.23. The van der Waals surface area contributed by atoms with Crippen LogP contribution in [-0.4, -0.2) is 29.0 Å². The van der Waals surface area contributed by atoms with Gasteiger partial charge >= 0.3 is 6.09 Å². The van der Waals surface area contributed by atoms with Crippen LogP contribution in [0.25, 0.3) is 0 Å². The maximum atomic E-state index is 11.6. The summed E-state index contributed by atoms with van der Waals surface area (Å²) in [5.41, 5.74) is 2.90. The average molecular weight is 286 g/mol. The van der Waals surface area contributed by atoms with Crippen molar-refractivity contribution in [3.63, 3.8) is 0 Å². The van der Waals surface area contributed by atoms with E-state index in [9.17, 15) is 4.79 Å². The fourth-order valence-electron chi connectivity index (χ4n) is 2.52. The average Bonchev–Trinajstić information content (AvgIpc) is 3.07. The van der Waals surface area contributed by atoms with Crippen molar-refractivity contribution >= 4 is 17.5 Å². The molecule has 21 heavy (non-hydrogen) atoms. The molecule has 3 rings (SSSR count). The predicted octanol–water partition coefficient (Wildman–Crippen LogP) is 2.55. The number of amides is 1. The second-order valence-electron chi connectivity index (χ2n) is 5.06. The summed E-state index contributed by atoms with van der Waals surface area (Å²) in [6, 6.07) is 9.89. The number of ether oxygens (including phenoxy) is 1. The first-order valence-corrected chi connectivity index (χ1v) is 6.94. The summed E-state index contributed by atoms with van der Waals surface area (Å²) in [7, 11) is 1.92. The van der Waals surface area contributed by atoms with E-state index in [2.05, 4.69) is 17.3 Å². The molecule has 6 heteroatoms. The number of nitrogens with one attached hydrogen (secondary N) is 1. The Kier molecular flexibility index (Phi) is 3.51. The van der Waals surface area contributed by atoms with Crippen molar-refractivity contribution in [1.29, 1.82) is 0 Å². The maximum absolute atomic E-state index is 11.6. The molecular formula is C15H18N4O2. The molecule has 1 amide bonds. The van der Waals surface area contributed by atoms with E-state index in [1.807, 2.05) is 42.1 Å². The van der Waals surface area contributed by atoms with E-state index in [1.54, 1.807) is 11.1 Å². The van der Waals surface area contributed by atoms with E-state index in [-0.39, 0.29) is 12.1 Å². The van der Waals surface area contributed by atoms with Gasteiger partial charge < -0.3 is 10.1 Å². The van der Waals surface area contributed by atoms with Crippen LogP contribution in [0.5, 0.6) is 0 Å². The van der Waals surface area contributed by atoms with Gasteiger partial charge in [-0.15, -0.1) is 0 Å². The molecule has 0 radical (unpaired) electrons. The van der Waals surface area contributed by atoms with Crippen molar-refractivity contribution in [2.45, 2.75) is 13.0 Å². The van der Waals surface area contributed by atoms with Crippen LogP contribution >= 0.6 is 0 Å². The van der Waals surface area contributed by atoms with Crippen molar-refractivity contribution in [3.05, 3.63) is 42.2 Å². The molecule has 0 spiro atoms. The molecule has 0 saturated carbocycles. The summed E-state index contributed by atoms with van der Waals surface area (Å²) in [4.78, 5) is 13.3. The molecule has 0 aliphatic carbocycles. The lowest BCUT2D eigenvalue weighted by atomic mass is 10.2. The second kappa shape index (κ2) is 5.47. The van der Waals surface area contributed by atoms with Gasteiger partial charge in [-0.25, -0.2) is 4.79 Å². The fourth-order valence-corrected chi connectivity index (χ4v) is 2.52. The minimum atomic E-state index is -0.285. The molecule has 1 aliphatic heterocycles. The van der Waals surface area contributed by atoms with E-state index in [4.69, 9.17) is 4.74 Å². The first-order valence-electron chi connectivity index (χ1n) is 6.94. The van der Waals surface area contributed by atoms with Crippen molar-refractivity contribution in [2.24, 2.45) is 7.05 Å². The molecular weight excluding hydrogens is 268 g/mol. The maximum Gasteiger partial charge on any atom is 0.414 e. The molecule has 1 aromatic carbocycles. The Morgan fingerprint density at radius 2 is 2.24 bits per heavy atom. The van der Waals surface area contributed by atoms with Gasteiger partial charge in [0, 0.05) is 24.6 Å². The topological polar surface area (TPSA) is 59.4 Å². The highest BCUT2D eigenvalue weighted by Gasteiger charge is 2.23. The first-order chi connectivity index (χ1) is 10.1. The zero-order valence-corrected chi connectivity index (χ0v) is 12.1. The second-order valence-corrected chi connectivity index (χ2v) is 5.06. The Balaban J connectivity index is 1.77. The van der Waals surface area contributed by atoms with E-state index < -0.39 is 0 Å². The molecule has 2 aromatic rings. The van der Waals surface area contributed by atoms with Gasteiger partial charge in [0.15, 0.2) is 0 Å².